The molecule has 0 radical (unpaired) electrons. The summed E-state index contributed by atoms with van der Waals surface area (Å²) in [5, 5.41) is 0. The van der Waals surface area contributed by atoms with Crippen LogP contribution in [-0.4, -0.2) is 0 Å². The van der Waals surface area contributed by atoms with Crippen molar-refractivity contribution in [3.8, 4) is 12.3 Å². The van der Waals surface area contributed by atoms with Crippen molar-refractivity contribution in [2.75, 3.05) is 0 Å². The van der Waals surface area contributed by atoms with E-state index in [0.717, 1.165) is 5.56 Å². The Morgan fingerprint density at radius 2 is 1.64 bits per heavy atom. The molecule has 0 spiro atoms. The molecule has 1 aromatic rings. The normalized spacial score (nSPS) is 9.27. The fraction of sp³-hybridized carbons (Fsp3) is 0.273. The summed E-state index contributed by atoms with van der Waals surface area (Å²) in [6.45, 7) is 6.19. The van der Waals surface area contributed by atoms with Gasteiger partial charge in [-0.15, -0.1) is 6.42 Å². The Morgan fingerprint density at radius 1 is 1.09 bits per heavy atom. The van der Waals surface area contributed by atoms with Crippen LogP contribution >= 0.6 is 0 Å². The van der Waals surface area contributed by atoms with Crippen LogP contribution in [0.5, 0.6) is 0 Å². The Labute approximate surface area is 68.3 Å². The Bertz CT molecular complexity index is 314. The summed E-state index contributed by atoms with van der Waals surface area (Å²) in [5.41, 5.74) is 4.73. The second-order valence-electron chi connectivity index (χ2n) is 2.84. The molecule has 1 rings (SSSR count). The Morgan fingerprint density at radius 3 is 2.09 bits per heavy atom. The van der Waals surface area contributed by atoms with Gasteiger partial charge in [-0.25, -0.2) is 0 Å². The van der Waals surface area contributed by atoms with Crippen LogP contribution in [0.15, 0.2) is 12.1 Å². The average molecular weight is 144 g/mol. The lowest BCUT2D eigenvalue weighted by Crippen LogP contribution is -1.90. The largest absolute Gasteiger partial charge is 0.115 e. The van der Waals surface area contributed by atoms with Crippen LogP contribution in [0.3, 0.4) is 0 Å². The molecule has 0 aliphatic carbocycles. The number of terminal acetylenes is 1. The number of hydrogen-bond acceptors (Lipinski definition) is 0. The van der Waals surface area contributed by atoms with Crippen LogP contribution in [0.25, 0.3) is 0 Å². The van der Waals surface area contributed by atoms with Gasteiger partial charge in [-0.05, 0) is 37.5 Å². The molecule has 0 saturated carbocycles. The van der Waals surface area contributed by atoms with Crippen molar-refractivity contribution in [2.45, 2.75) is 20.8 Å². The minimum atomic E-state index is 1.05. The lowest BCUT2D eigenvalue weighted by Gasteiger charge is -2.05. The number of aryl methyl sites for hydroxylation is 2. The summed E-state index contributed by atoms with van der Waals surface area (Å²) in [4.78, 5) is 0. The van der Waals surface area contributed by atoms with Gasteiger partial charge in [-0.1, -0.05) is 18.1 Å². The van der Waals surface area contributed by atoms with Crippen LogP contribution in [0, 0.1) is 33.1 Å². The maximum absolute atomic E-state index is 5.37. The molecule has 0 aliphatic rings. The quantitative estimate of drug-likeness (QED) is 0.491. The molecule has 1 aromatic carbocycles. The van der Waals surface area contributed by atoms with E-state index in [9.17, 15) is 0 Å². The molecule has 0 aromatic heterocycles. The zero-order valence-corrected chi connectivity index (χ0v) is 7.23. The average Bonchev–Trinajstić information content (AvgIpc) is 1.99. The molecular weight excluding hydrogens is 132 g/mol. The van der Waals surface area contributed by atoms with E-state index >= 15 is 0 Å². The first-order valence-electron chi connectivity index (χ1n) is 3.70. The number of hydrogen-bond donors (Lipinski definition) is 0. The maximum Gasteiger partial charge on any atom is 0.0303 e. The Kier molecular flexibility index (Phi) is 2.01. The van der Waals surface area contributed by atoms with E-state index in [4.69, 9.17) is 6.42 Å². The lowest BCUT2D eigenvalue weighted by molar-refractivity contribution is 1.28. The monoisotopic (exact) mass is 144 g/mol. The highest BCUT2D eigenvalue weighted by molar-refractivity contribution is 5.48. The minimum absolute atomic E-state index is 1.05. The van der Waals surface area contributed by atoms with Gasteiger partial charge < -0.3 is 0 Å². The molecule has 0 bridgehead atoms. The summed E-state index contributed by atoms with van der Waals surface area (Å²) < 4.78 is 0. The molecule has 0 aliphatic heterocycles. The second kappa shape index (κ2) is 2.80. The lowest BCUT2D eigenvalue weighted by atomic mass is 9.99. The van der Waals surface area contributed by atoms with Crippen molar-refractivity contribution in [1.82, 2.24) is 0 Å². The third kappa shape index (κ3) is 1.28. The van der Waals surface area contributed by atoms with E-state index in [1.165, 1.54) is 16.7 Å². The summed E-state index contributed by atoms with van der Waals surface area (Å²) in [6, 6.07) is 4.17. The third-order valence-electron chi connectivity index (χ3n) is 2.09. The van der Waals surface area contributed by atoms with Crippen LogP contribution in [0.4, 0.5) is 0 Å². The van der Waals surface area contributed by atoms with Crippen molar-refractivity contribution >= 4 is 0 Å². The van der Waals surface area contributed by atoms with Crippen LogP contribution < -0.4 is 0 Å². The molecule has 0 unspecified atom stereocenters. The van der Waals surface area contributed by atoms with E-state index in [-0.39, 0.29) is 0 Å². The molecule has 0 atom stereocenters. The Hall–Kier alpha value is -1.22. The summed E-state index contributed by atoms with van der Waals surface area (Å²) in [6.07, 6.45) is 5.37. The van der Waals surface area contributed by atoms with Gasteiger partial charge in [0, 0.05) is 5.56 Å². The molecule has 0 saturated heterocycles. The summed E-state index contributed by atoms with van der Waals surface area (Å²) in [5.74, 6) is 2.70. The van der Waals surface area contributed by atoms with Crippen molar-refractivity contribution < 1.29 is 0 Å². The topological polar surface area (TPSA) is 0 Å². The molecule has 0 fully saturated rings. The standard InChI is InChI=1S/C11H12/c1-5-11-9(3)7-6-8(2)10(11)4/h1,6-7H,2-4H3. The van der Waals surface area contributed by atoms with Crippen molar-refractivity contribution in [3.05, 3.63) is 34.4 Å². The maximum atomic E-state index is 5.37. The molecule has 11 heavy (non-hydrogen) atoms. The van der Waals surface area contributed by atoms with E-state index in [1.807, 2.05) is 6.92 Å². The molecule has 0 nitrogen and oxygen atoms in total. The van der Waals surface area contributed by atoms with Crippen LogP contribution in [-0.2, 0) is 0 Å². The molecule has 0 amide bonds. The molecule has 0 N–H and O–H groups in total. The fourth-order valence-corrected chi connectivity index (χ4v) is 1.17. The first-order valence-corrected chi connectivity index (χ1v) is 3.70. The third-order valence-corrected chi connectivity index (χ3v) is 2.09. The summed E-state index contributed by atoms with van der Waals surface area (Å²) >= 11 is 0. The van der Waals surface area contributed by atoms with Crippen LogP contribution in [0.2, 0.25) is 0 Å². The summed E-state index contributed by atoms with van der Waals surface area (Å²) in [7, 11) is 0. The smallest absolute Gasteiger partial charge is 0.0303 e. The minimum Gasteiger partial charge on any atom is -0.115 e. The van der Waals surface area contributed by atoms with Crippen LogP contribution in [0.1, 0.15) is 22.3 Å². The molecule has 56 valence electrons. The van der Waals surface area contributed by atoms with Crippen molar-refractivity contribution in [2.24, 2.45) is 0 Å². The SMILES string of the molecule is C#Cc1c(C)ccc(C)c1C. The first kappa shape index (κ1) is 7.88. The highest BCUT2D eigenvalue weighted by atomic mass is 14.0. The second-order valence-corrected chi connectivity index (χ2v) is 2.84. The van der Waals surface area contributed by atoms with Gasteiger partial charge in [-0.3, -0.25) is 0 Å². The van der Waals surface area contributed by atoms with Crippen molar-refractivity contribution in [1.29, 1.82) is 0 Å². The molecule has 0 heterocycles. The Balaban J connectivity index is 3.44. The molecule has 0 heteroatoms. The van der Waals surface area contributed by atoms with E-state index < -0.39 is 0 Å². The predicted octanol–water partition coefficient (Wildman–Crippen LogP) is 2.59. The van der Waals surface area contributed by atoms with E-state index in [1.54, 1.807) is 0 Å². The fourth-order valence-electron chi connectivity index (χ4n) is 1.17. The van der Waals surface area contributed by atoms with E-state index in [2.05, 4.69) is 31.9 Å². The van der Waals surface area contributed by atoms with Gasteiger partial charge in [0.05, 0.1) is 0 Å². The highest BCUT2D eigenvalue weighted by Crippen LogP contribution is 2.15. The number of benzene rings is 1. The van der Waals surface area contributed by atoms with E-state index in [0.29, 0.717) is 0 Å². The predicted molar refractivity (Wildman–Crippen MR) is 48.6 cm³/mol. The van der Waals surface area contributed by atoms with Gasteiger partial charge in [0.2, 0.25) is 0 Å². The number of rotatable bonds is 0. The van der Waals surface area contributed by atoms with Crippen molar-refractivity contribution in [3.63, 3.8) is 0 Å². The van der Waals surface area contributed by atoms with Gasteiger partial charge in [0.15, 0.2) is 0 Å². The zero-order valence-electron chi connectivity index (χ0n) is 7.23. The highest BCUT2D eigenvalue weighted by Gasteiger charge is 2.00. The van der Waals surface area contributed by atoms with Gasteiger partial charge in [0.25, 0.3) is 0 Å². The van der Waals surface area contributed by atoms with Gasteiger partial charge in [0.1, 0.15) is 0 Å². The first-order chi connectivity index (χ1) is 5.16. The van der Waals surface area contributed by atoms with Gasteiger partial charge in [-0.2, -0.15) is 0 Å². The zero-order chi connectivity index (χ0) is 8.43. The van der Waals surface area contributed by atoms with Gasteiger partial charge >= 0.3 is 0 Å². The molecular formula is C11H12.